The Labute approximate surface area is 340 Å². The molecule has 0 aromatic carbocycles. The van der Waals surface area contributed by atoms with Crippen molar-refractivity contribution in [2.24, 2.45) is 11.5 Å². The third kappa shape index (κ3) is 11.6. The third-order valence-corrected chi connectivity index (χ3v) is 7.68. The number of carbonyl (C=O) groups excluding carboxylic acids is 1. The first-order chi connectivity index (χ1) is 20.1. The number of methoxy groups -OCH3 is 2. The fraction of sp³-hybridized carbons (Fsp3) is 0.840. The maximum atomic E-state index is 11.8. The monoisotopic (exact) mass is 874 g/mol. The first-order valence-electron chi connectivity index (χ1n) is 13.7. The molecular formula is C25H47N6O11Y3-3. The number of hydrogen-bond donors (Lipinski definition) is 9. The molecule has 3 radical (unpaired) electrons. The molecule has 0 aromatic rings. The van der Waals surface area contributed by atoms with Crippen LogP contribution in [0.4, 0.5) is 0 Å². The average Bonchev–Trinajstić information content (AvgIpc) is 2.96. The van der Waals surface area contributed by atoms with Gasteiger partial charge in [-0.3, -0.25) is 25.9 Å². The van der Waals surface area contributed by atoms with Crippen molar-refractivity contribution < 1.29 is 151 Å². The predicted molar refractivity (Wildman–Crippen MR) is 145 cm³/mol. The van der Waals surface area contributed by atoms with Gasteiger partial charge in [-0.25, -0.2) is 0 Å². The summed E-state index contributed by atoms with van der Waals surface area (Å²) in [6, 6.07) is -3.02. The van der Waals surface area contributed by atoms with Crippen LogP contribution in [0.15, 0.2) is 0 Å². The molecule has 0 bridgehead atoms. The minimum Gasteiger partial charge on any atom is -0.470 e. The van der Waals surface area contributed by atoms with Gasteiger partial charge in [0.2, 0.25) is 5.91 Å². The zero-order chi connectivity index (χ0) is 31.1. The molecule has 3 fully saturated rings. The van der Waals surface area contributed by atoms with Crippen molar-refractivity contribution in [3.05, 3.63) is 21.1 Å². The molecule has 255 valence electrons. The van der Waals surface area contributed by atoms with E-state index in [1.807, 2.05) is 0 Å². The summed E-state index contributed by atoms with van der Waals surface area (Å²) in [6.45, 7) is 1.55. The number of hydrogen-bond acceptors (Lipinski definition) is 16. The van der Waals surface area contributed by atoms with Crippen molar-refractivity contribution in [2.45, 2.75) is 98.9 Å². The molecule has 0 saturated carbocycles. The van der Waals surface area contributed by atoms with Crippen molar-refractivity contribution >= 4 is 5.91 Å². The standard InChI is InChI=1S/C25H47N6O11.3Y/c1-10(32)31-16-19(35)22(12(8-28-2)39-24(16)37-6)42-25-15(30-4)18(34)21(13(40-25)9-29-3)41-23-14(27)17(33)20(36-5)11(7-26)38-23;;;/h11-25,28-30,33-35H,2-4,7-9,26-27H2,1,5-6H3,(H,31,32);;;/q-3;;;. The Morgan fingerprint density at radius 1 is 0.756 bits per heavy atom. The van der Waals surface area contributed by atoms with Crippen LogP contribution in [0, 0.1) is 21.1 Å². The first-order valence-corrected chi connectivity index (χ1v) is 13.7. The van der Waals surface area contributed by atoms with Crippen molar-refractivity contribution in [3.8, 4) is 0 Å². The first kappa shape index (κ1) is 47.2. The molecule has 0 aliphatic carbocycles. The molecule has 20 heteroatoms. The van der Waals surface area contributed by atoms with Gasteiger partial charge < -0.3 is 81.2 Å². The van der Waals surface area contributed by atoms with E-state index < -0.39 is 97.8 Å². The minimum absolute atomic E-state index is 0. The summed E-state index contributed by atoms with van der Waals surface area (Å²) < 4.78 is 41.1. The minimum atomic E-state index is -1.33. The zero-order valence-corrected chi connectivity index (χ0v) is 34.4. The van der Waals surface area contributed by atoms with E-state index >= 15 is 0 Å². The van der Waals surface area contributed by atoms with Crippen LogP contribution in [0.2, 0.25) is 0 Å². The molecule has 17 nitrogen and oxygen atoms in total. The molecule has 3 saturated heterocycles. The number of nitrogens with one attached hydrogen (secondary N) is 4. The fourth-order valence-electron chi connectivity index (χ4n) is 5.57. The van der Waals surface area contributed by atoms with Crippen LogP contribution in [0.3, 0.4) is 0 Å². The molecule has 15 unspecified atom stereocenters. The van der Waals surface area contributed by atoms with Crippen LogP contribution in [0.25, 0.3) is 0 Å². The van der Waals surface area contributed by atoms with Gasteiger partial charge >= 0.3 is 0 Å². The predicted octanol–water partition coefficient (Wildman–Crippen LogP) is -5.03. The molecule has 45 heavy (non-hydrogen) atoms. The van der Waals surface area contributed by atoms with Gasteiger partial charge in [0.1, 0.15) is 48.8 Å². The van der Waals surface area contributed by atoms with E-state index in [1.54, 1.807) is 0 Å². The van der Waals surface area contributed by atoms with Crippen LogP contribution in [-0.2, 0) is 136 Å². The van der Waals surface area contributed by atoms with Gasteiger partial charge in [0.25, 0.3) is 0 Å². The second-order valence-electron chi connectivity index (χ2n) is 10.4. The fourth-order valence-corrected chi connectivity index (χ4v) is 5.57. The third-order valence-electron chi connectivity index (χ3n) is 7.68. The van der Waals surface area contributed by atoms with Gasteiger partial charge in [-0.2, -0.15) is 0 Å². The molecule has 1 amide bonds. The van der Waals surface area contributed by atoms with E-state index in [1.165, 1.54) is 21.1 Å². The summed E-state index contributed by atoms with van der Waals surface area (Å²) in [5, 5.41) is 44.3. The van der Waals surface area contributed by atoms with E-state index in [-0.39, 0.29) is 118 Å². The number of carbonyl (C=O) groups is 1. The number of nitrogens with two attached hydrogens (primary N) is 2. The largest absolute Gasteiger partial charge is 0.470 e. The molecule has 0 spiro atoms. The quantitative estimate of drug-likeness (QED) is 0.0788. The molecule has 0 aromatic heterocycles. The Bertz CT molecular complexity index is 848. The van der Waals surface area contributed by atoms with Gasteiger partial charge in [0.15, 0.2) is 18.9 Å². The Morgan fingerprint density at radius 3 is 1.69 bits per heavy atom. The van der Waals surface area contributed by atoms with Gasteiger partial charge in [0.05, 0.1) is 24.3 Å². The van der Waals surface area contributed by atoms with E-state index in [9.17, 15) is 20.1 Å². The summed E-state index contributed by atoms with van der Waals surface area (Å²) in [5.41, 5.74) is 12.0. The van der Waals surface area contributed by atoms with E-state index in [0.29, 0.717) is 0 Å². The molecule has 3 aliphatic rings. The summed E-state index contributed by atoms with van der Waals surface area (Å²) in [5.74, 6) is -0.414. The van der Waals surface area contributed by atoms with Crippen molar-refractivity contribution in [1.82, 2.24) is 21.3 Å². The van der Waals surface area contributed by atoms with Crippen LogP contribution in [0.5, 0.6) is 0 Å². The number of ether oxygens (including phenoxy) is 7. The van der Waals surface area contributed by atoms with E-state index in [0.717, 1.165) is 0 Å². The number of rotatable bonds is 13. The normalized spacial score (nSPS) is 41.6. The van der Waals surface area contributed by atoms with Gasteiger partial charge in [-0.15, -0.1) is 0 Å². The summed E-state index contributed by atoms with van der Waals surface area (Å²) in [6.07, 6.45) is -12.5. The summed E-state index contributed by atoms with van der Waals surface area (Å²) in [7, 11) is 13.8. The molecule has 15 atom stereocenters. The molecule has 3 heterocycles. The second-order valence-corrected chi connectivity index (χ2v) is 10.4. The smallest absolute Gasteiger partial charge is 0.217 e. The SMILES string of the molecule is [CH2-]NCC1OC(OC2C(CN[CH2-])OC(OC)C(NC(C)=O)C2O)C(N[CH2-])C(O)C1OC1OC(CN)C(OC)C(O)C1N.[Y].[Y].[Y]. The van der Waals surface area contributed by atoms with Crippen LogP contribution in [0.1, 0.15) is 6.92 Å². The number of amides is 1. The van der Waals surface area contributed by atoms with E-state index in [4.69, 9.17) is 44.6 Å². The Morgan fingerprint density at radius 2 is 1.24 bits per heavy atom. The topological polar surface area (TPSA) is 243 Å². The molecule has 3 aliphatic heterocycles. The second kappa shape index (κ2) is 22.9. The van der Waals surface area contributed by atoms with E-state index in [2.05, 4.69) is 42.4 Å². The van der Waals surface area contributed by atoms with Crippen molar-refractivity contribution in [3.63, 3.8) is 0 Å². The maximum Gasteiger partial charge on any atom is 0.217 e. The van der Waals surface area contributed by atoms with Crippen molar-refractivity contribution in [1.29, 1.82) is 0 Å². The van der Waals surface area contributed by atoms with Crippen LogP contribution >= 0.6 is 0 Å². The van der Waals surface area contributed by atoms with Crippen LogP contribution < -0.4 is 32.7 Å². The summed E-state index contributed by atoms with van der Waals surface area (Å²) in [4.78, 5) is 11.8. The number of aliphatic hydroxyl groups is 3. The van der Waals surface area contributed by atoms with Gasteiger partial charge in [0, 0.05) is 126 Å². The molecular weight excluding hydrogens is 827 g/mol. The number of aliphatic hydroxyl groups excluding tert-OH is 3. The Kier molecular flexibility index (Phi) is 24.0. The zero-order valence-electron chi connectivity index (χ0n) is 25.9. The van der Waals surface area contributed by atoms with Crippen LogP contribution in [-0.4, -0.2) is 147 Å². The molecule has 3 rings (SSSR count). The van der Waals surface area contributed by atoms with Gasteiger partial charge in [-0.1, -0.05) is 0 Å². The Hall–Kier alpha value is 2.18. The van der Waals surface area contributed by atoms with Crippen molar-refractivity contribution in [2.75, 3.05) is 33.9 Å². The average molecular weight is 874 g/mol. The molecule has 11 N–H and O–H groups in total. The van der Waals surface area contributed by atoms with Gasteiger partial charge in [-0.05, 0) is 13.1 Å². The Balaban J connectivity index is 0.00000645. The summed E-state index contributed by atoms with van der Waals surface area (Å²) >= 11 is 0. The maximum absolute atomic E-state index is 11.8.